The van der Waals surface area contributed by atoms with E-state index in [1.807, 2.05) is 0 Å². The molecule has 0 aromatic carbocycles. The van der Waals surface area contributed by atoms with E-state index in [1.54, 1.807) is 0 Å². The Hall–Kier alpha value is -0.370. The second-order valence-corrected chi connectivity index (χ2v) is 4.70. The van der Waals surface area contributed by atoms with Gasteiger partial charge in [-0.25, -0.2) is 0 Å². The van der Waals surface area contributed by atoms with Crippen LogP contribution in [0.4, 0.5) is 0 Å². The molecule has 2 aliphatic carbocycles. The molecule has 0 radical (unpaired) electrons. The van der Waals surface area contributed by atoms with Crippen molar-refractivity contribution in [3.05, 3.63) is 0 Å². The summed E-state index contributed by atoms with van der Waals surface area (Å²) in [6.45, 7) is 2.16. The fourth-order valence-corrected chi connectivity index (χ4v) is 3.20. The van der Waals surface area contributed by atoms with Crippen molar-refractivity contribution in [3.63, 3.8) is 0 Å². The first-order valence-corrected chi connectivity index (χ1v) is 4.89. The third-order valence-corrected chi connectivity index (χ3v) is 3.96. The number of rotatable bonds is 0. The van der Waals surface area contributed by atoms with E-state index in [2.05, 4.69) is 6.92 Å². The number of ether oxygens (including phenoxy) is 1. The molecule has 1 spiro atoms. The van der Waals surface area contributed by atoms with Crippen molar-refractivity contribution >= 4 is 5.78 Å². The van der Waals surface area contributed by atoms with Crippen LogP contribution in [0.1, 0.15) is 32.6 Å². The van der Waals surface area contributed by atoms with Crippen molar-refractivity contribution in [1.29, 1.82) is 0 Å². The highest BCUT2D eigenvalue weighted by molar-refractivity contribution is 5.81. The van der Waals surface area contributed by atoms with Crippen LogP contribution >= 0.6 is 0 Å². The molecular weight excluding hydrogens is 152 g/mol. The van der Waals surface area contributed by atoms with E-state index in [0.29, 0.717) is 23.7 Å². The summed E-state index contributed by atoms with van der Waals surface area (Å²) in [7, 11) is 0. The third-order valence-electron chi connectivity index (χ3n) is 3.96. The molecule has 0 amide bonds. The lowest BCUT2D eigenvalue weighted by molar-refractivity contribution is -0.117. The SMILES string of the molecule is CC1O[C@]12C[C@H]1CC(=O)C[C@H]1C2. The number of hydrogen-bond acceptors (Lipinski definition) is 2. The van der Waals surface area contributed by atoms with Crippen LogP contribution in [-0.2, 0) is 9.53 Å². The van der Waals surface area contributed by atoms with Crippen LogP contribution in [0.15, 0.2) is 0 Å². The smallest absolute Gasteiger partial charge is 0.133 e. The lowest BCUT2D eigenvalue weighted by atomic mass is 10.0. The summed E-state index contributed by atoms with van der Waals surface area (Å²) < 4.78 is 5.63. The molecule has 12 heavy (non-hydrogen) atoms. The predicted molar refractivity (Wildman–Crippen MR) is 43.7 cm³/mol. The van der Waals surface area contributed by atoms with Gasteiger partial charge in [0.1, 0.15) is 5.78 Å². The van der Waals surface area contributed by atoms with E-state index in [4.69, 9.17) is 4.74 Å². The van der Waals surface area contributed by atoms with E-state index >= 15 is 0 Å². The molecule has 2 saturated carbocycles. The highest BCUT2D eigenvalue weighted by Gasteiger charge is 2.61. The first-order chi connectivity index (χ1) is 5.70. The number of carbonyl (C=O) groups excluding carboxylic acids is 1. The van der Waals surface area contributed by atoms with Gasteiger partial charge >= 0.3 is 0 Å². The zero-order valence-electron chi connectivity index (χ0n) is 7.38. The Labute approximate surface area is 72.3 Å². The Bertz CT molecular complexity index is 230. The van der Waals surface area contributed by atoms with Crippen molar-refractivity contribution in [1.82, 2.24) is 0 Å². The van der Waals surface area contributed by atoms with E-state index in [1.165, 1.54) is 0 Å². The van der Waals surface area contributed by atoms with Crippen LogP contribution in [0.3, 0.4) is 0 Å². The first kappa shape index (κ1) is 7.07. The quantitative estimate of drug-likeness (QED) is 0.511. The lowest BCUT2D eigenvalue weighted by Crippen LogP contribution is -2.10. The molecular formula is C10H14O2. The zero-order valence-corrected chi connectivity index (χ0v) is 7.38. The molecule has 3 rings (SSSR count). The van der Waals surface area contributed by atoms with Gasteiger partial charge in [-0.15, -0.1) is 0 Å². The minimum atomic E-state index is 0.232. The maximum Gasteiger partial charge on any atom is 0.133 e. The highest BCUT2D eigenvalue weighted by Crippen LogP contribution is 2.58. The molecule has 0 aromatic heterocycles. The van der Waals surface area contributed by atoms with Gasteiger partial charge in [0.25, 0.3) is 0 Å². The second kappa shape index (κ2) is 1.92. The maximum atomic E-state index is 11.1. The summed E-state index contributed by atoms with van der Waals surface area (Å²) in [6, 6.07) is 0. The van der Waals surface area contributed by atoms with Gasteiger partial charge in [-0.05, 0) is 31.6 Å². The molecule has 0 aromatic rings. The summed E-state index contributed by atoms with van der Waals surface area (Å²) in [6.07, 6.45) is 4.46. The molecule has 0 N–H and O–H groups in total. The second-order valence-electron chi connectivity index (χ2n) is 4.70. The van der Waals surface area contributed by atoms with Crippen molar-refractivity contribution in [3.8, 4) is 0 Å². The molecule has 1 unspecified atom stereocenters. The van der Waals surface area contributed by atoms with Crippen LogP contribution in [0, 0.1) is 11.8 Å². The topological polar surface area (TPSA) is 29.6 Å². The summed E-state index contributed by atoms with van der Waals surface area (Å²) in [5, 5.41) is 0. The Morgan fingerprint density at radius 2 is 1.83 bits per heavy atom. The van der Waals surface area contributed by atoms with Crippen LogP contribution in [0.5, 0.6) is 0 Å². The molecule has 3 aliphatic rings. The molecule has 2 heteroatoms. The van der Waals surface area contributed by atoms with Gasteiger partial charge in [0, 0.05) is 12.8 Å². The minimum Gasteiger partial charge on any atom is -0.366 e. The summed E-state index contributed by atoms with van der Waals surface area (Å²) >= 11 is 0. The summed E-state index contributed by atoms with van der Waals surface area (Å²) in [5.41, 5.74) is 0.232. The molecule has 3 fully saturated rings. The zero-order chi connectivity index (χ0) is 8.34. The first-order valence-electron chi connectivity index (χ1n) is 4.89. The molecule has 1 saturated heterocycles. The van der Waals surface area contributed by atoms with Crippen molar-refractivity contribution < 1.29 is 9.53 Å². The molecule has 66 valence electrons. The van der Waals surface area contributed by atoms with Gasteiger partial charge in [0.05, 0.1) is 11.7 Å². The molecule has 2 nitrogen and oxygen atoms in total. The van der Waals surface area contributed by atoms with Crippen LogP contribution < -0.4 is 0 Å². The predicted octanol–water partition coefficient (Wildman–Crippen LogP) is 1.53. The van der Waals surface area contributed by atoms with E-state index in [9.17, 15) is 4.79 Å². The number of carbonyl (C=O) groups is 1. The van der Waals surface area contributed by atoms with Crippen LogP contribution in [0.2, 0.25) is 0 Å². The molecule has 0 bridgehead atoms. The largest absolute Gasteiger partial charge is 0.366 e. The van der Waals surface area contributed by atoms with Gasteiger partial charge in [-0.3, -0.25) is 4.79 Å². The van der Waals surface area contributed by atoms with E-state index < -0.39 is 0 Å². The summed E-state index contributed by atoms with van der Waals surface area (Å²) in [5.74, 6) is 1.82. The van der Waals surface area contributed by atoms with Gasteiger partial charge in [-0.1, -0.05) is 0 Å². The fraction of sp³-hybridized carbons (Fsp3) is 0.900. The van der Waals surface area contributed by atoms with Gasteiger partial charge in [-0.2, -0.15) is 0 Å². The Morgan fingerprint density at radius 1 is 1.33 bits per heavy atom. The summed E-state index contributed by atoms with van der Waals surface area (Å²) in [4.78, 5) is 11.1. The Kier molecular flexibility index (Phi) is 1.13. The van der Waals surface area contributed by atoms with Gasteiger partial charge in [0.2, 0.25) is 0 Å². The number of epoxide rings is 1. The average molecular weight is 166 g/mol. The van der Waals surface area contributed by atoms with Gasteiger partial charge < -0.3 is 4.74 Å². The van der Waals surface area contributed by atoms with E-state index in [-0.39, 0.29) is 5.60 Å². The maximum absolute atomic E-state index is 11.1. The standard InChI is InChI=1S/C10H14O2/c1-6-10(12-6)4-7-2-9(11)3-8(7)5-10/h6-8H,2-5H2,1H3/t6?,7-,8+,10+. The number of fused-ring (bicyclic) bond motifs is 1. The van der Waals surface area contributed by atoms with Crippen molar-refractivity contribution in [2.75, 3.05) is 0 Å². The lowest BCUT2D eigenvalue weighted by Gasteiger charge is -2.02. The number of Topliss-reactive ketones (excluding diaryl/α,β-unsaturated/α-hetero) is 1. The number of hydrogen-bond donors (Lipinski definition) is 0. The molecule has 4 atom stereocenters. The normalized spacial score (nSPS) is 56.4. The Morgan fingerprint density at radius 3 is 2.25 bits per heavy atom. The third kappa shape index (κ3) is 0.764. The molecule has 1 aliphatic heterocycles. The minimum absolute atomic E-state index is 0.232. The average Bonchev–Trinajstić information content (AvgIpc) is 2.35. The van der Waals surface area contributed by atoms with Gasteiger partial charge in [0.15, 0.2) is 0 Å². The monoisotopic (exact) mass is 166 g/mol. The Balaban J connectivity index is 1.78. The van der Waals surface area contributed by atoms with Crippen LogP contribution in [0.25, 0.3) is 0 Å². The van der Waals surface area contributed by atoms with Crippen LogP contribution in [-0.4, -0.2) is 17.5 Å². The molecule has 1 heterocycles. The van der Waals surface area contributed by atoms with Crippen molar-refractivity contribution in [2.24, 2.45) is 11.8 Å². The number of ketones is 1. The highest BCUT2D eigenvalue weighted by atomic mass is 16.6. The van der Waals surface area contributed by atoms with Crippen molar-refractivity contribution in [2.45, 2.75) is 44.3 Å². The fourth-order valence-electron chi connectivity index (χ4n) is 3.20. The van der Waals surface area contributed by atoms with E-state index in [0.717, 1.165) is 25.7 Å².